The molecule has 0 saturated heterocycles. The quantitative estimate of drug-likeness (QED) is 0.717. The van der Waals surface area contributed by atoms with Gasteiger partial charge in [-0.15, -0.1) is 11.8 Å². The van der Waals surface area contributed by atoms with Gasteiger partial charge in [-0.3, -0.25) is 0 Å². The number of carboxylic acids is 1. The van der Waals surface area contributed by atoms with Gasteiger partial charge in [-0.05, 0) is 18.2 Å². The van der Waals surface area contributed by atoms with Crippen LogP contribution in [0.4, 0.5) is 0 Å². The van der Waals surface area contributed by atoms with Gasteiger partial charge in [0.05, 0.1) is 5.56 Å². The Kier molecular flexibility index (Phi) is 3.79. The normalized spacial score (nSPS) is 9.92. The SMILES string of the molecule is NCCSc1cccc(C(=O)O)c1. The van der Waals surface area contributed by atoms with Gasteiger partial charge < -0.3 is 10.8 Å². The van der Waals surface area contributed by atoms with Crippen molar-refractivity contribution in [2.75, 3.05) is 12.3 Å². The second-order valence-electron chi connectivity index (χ2n) is 2.47. The van der Waals surface area contributed by atoms with E-state index in [-0.39, 0.29) is 0 Å². The second kappa shape index (κ2) is 4.89. The number of thioether (sulfide) groups is 1. The molecule has 1 aromatic carbocycles. The predicted octanol–water partition coefficient (Wildman–Crippen LogP) is 1.44. The number of carbonyl (C=O) groups is 1. The zero-order valence-corrected chi connectivity index (χ0v) is 7.88. The Labute approximate surface area is 80.9 Å². The Morgan fingerprint density at radius 1 is 1.54 bits per heavy atom. The lowest BCUT2D eigenvalue weighted by Gasteiger charge is -2.00. The fraction of sp³-hybridized carbons (Fsp3) is 0.222. The minimum Gasteiger partial charge on any atom is -0.478 e. The van der Waals surface area contributed by atoms with Gasteiger partial charge in [0.2, 0.25) is 0 Å². The largest absolute Gasteiger partial charge is 0.478 e. The highest BCUT2D eigenvalue weighted by Crippen LogP contribution is 2.18. The Balaban J connectivity index is 2.73. The summed E-state index contributed by atoms with van der Waals surface area (Å²) in [5.41, 5.74) is 5.66. The van der Waals surface area contributed by atoms with Gasteiger partial charge in [0.1, 0.15) is 0 Å². The van der Waals surface area contributed by atoms with Crippen LogP contribution in [-0.2, 0) is 0 Å². The van der Waals surface area contributed by atoms with Crippen LogP contribution in [0.1, 0.15) is 10.4 Å². The van der Waals surface area contributed by atoms with Gasteiger partial charge in [0.15, 0.2) is 0 Å². The van der Waals surface area contributed by atoms with Crippen LogP contribution in [-0.4, -0.2) is 23.4 Å². The molecule has 3 nitrogen and oxygen atoms in total. The number of rotatable bonds is 4. The van der Waals surface area contributed by atoms with Gasteiger partial charge in [-0.1, -0.05) is 6.07 Å². The summed E-state index contributed by atoms with van der Waals surface area (Å²) in [6, 6.07) is 6.85. The number of nitrogens with two attached hydrogens (primary N) is 1. The molecule has 3 N–H and O–H groups in total. The molecule has 4 heteroatoms. The molecule has 0 spiro atoms. The molecule has 0 radical (unpaired) electrons. The van der Waals surface area contributed by atoms with Crippen molar-refractivity contribution in [1.29, 1.82) is 0 Å². The molecule has 0 atom stereocenters. The van der Waals surface area contributed by atoms with Gasteiger partial charge >= 0.3 is 5.97 Å². The number of aromatic carboxylic acids is 1. The minimum absolute atomic E-state index is 0.321. The first-order valence-corrected chi connectivity index (χ1v) is 4.89. The van der Waals surface area contributed by atoms with Crippen molar-refractivity contribution in [3.05, 3.63) is 29.8 Å². The first-order chi connectivity index (χ1) is 6.24. The van der Waals surface area contributed by atoms with Gasteiger partial charge in [-0.25, -0.2) is 4.79 Å². The summed E-state index contributed by atoms with van der Waals surface area (Å²) in [6.07, 6.45) is 0. The molecule has 0 saturated carbocycles. The zero-order valence-electron chi connectivity index (χ0n) is 7.06. The first kappa shape index (κ1) is 10.1. The lowest BCUT2D eigenvalue weighted by molar-refractivity contribution is 0.0696. The molecule has 0 unspecified atom stereocenters. The summed E-state index contributed by atoms with van der Waals surface area (Å²) in [5, 5.41) is 8.70. The minimum atomic E-state index is -0.893. The highest BCUT2D eigenvalue weighted by atomic mass is 32.2. The summed E-state index contributed by atoms with van der Waals surface area (Å²) in [7, 11) is 0. The number of hydrogen-bond donors (Lipinski definition) is 2. The molecule has 0 bridgehead atoms. The van der Waals surface area contributed by atoms with E-state index < -0.39 is 5.97 Å². The van der Waals surface area contributed by atoms with Crippen LogP contribution >= 0.6 is 11.8 Å². The highest BCUT2D eigenvalue weighted by molar-refractivity contribution is 7.99. The van der Waals surface area contributed by atoms with Gasteiger partial charge in [-0.2, -0.15) is 0 Å². The second-order valence-corrected chi connectivity index (χ2v) is 3.64. The maximum atomic E-state index is 10.6. The van der Waals surface area contributed by atoms with Crippen molar-refractivity contribution in [2.24, 2.45) is 5.73 Å². The summed E-state index contributed by atoms with van der Waals surface area (Å²) in [6.45, 7) is 0.599. The molecule has 0 heterocycles. The molecule has 0 aromatic heterocycles. The van der Waals surface area contributed by atoms with Crippen LogP contribution in [0.25, 0.3) is 0 Å². The van der Waals surface area contributed by atoms with Crippen LogP contribution in [0, 0.1) is 0 Å². The van der Waals surface area contributed by atoms with E-state index in [2.05, 4.69) is 0 Å². The first-order valence-electron chi connectivity index (χ1n) is 3.90. The molecule has 13 heavy (non-hydrogen) atoms. The molecule has 1 aromatic rings. The fourth-order valence-electron chi connectivity index (χ4n) is 0.896. The van der Waals surface area contributed by atoms with E-state index >= 15 is 0 Å². The van der Waals surface area contributed by atoms with E-state index in [1.807, 2.05) is 6.07 Å². The summed E-state index contributed by atoms with van der Waals surface area (Å²) < 4.78 is 0. The van der Waals surface area contributed by atoms with E-state index in [0.29, 0.717) is 12.1 Å². The third kappa shape index (κ3) is 3.08. The van der Waals surface area contributed by atoms with E-state index in [4.69, 9.17) is 10.8 Å². The topological polar surface area (TPSA) is 63.3 Å². The monoisotopic (exact) mass is 197 g/mol. The molecule has 70 valence electrons. The molecule has 0 aliphatic carbocycles. The van der Waals surface area contributed by atoms with Crippen molar-refractivity contribution in [2.45, 2.75) is 4.90 Å². The summed E-state index contributed by atoms with van der Waals surface area (Å²) in [5.74, 6) is -0.0847. The third-order valence-electron chi connectivity index (χ3n) is 1.47. The van der Waals surface area contributed by atoms with E-state index in [1.54, 1.807) is 30.0 Å². The molecular formula is C9H11NO2S. The maximum Gasteiger partial charge on any atom is 0.335 e. The fourth-order valence-corrected chi connectivity index (χ4v) is 1.63. The number of carboxylic acid groups (broad SMARTS) is 1. The lowest BCUT2D eigenvalue weighted by atomic mass is 10.2. The van der Waals surface area contributed by atoms with Crippen LogP contribution in [0.3, 0.4) is 0 Å². The zero-order chi connectivity index (χ0) is 9.68. The van der Waals surface area contributed by atoms with E-state index in [9.17, 15) is 4.79 Å². The lowest BCUT2D eigenvalue weighted by Crippen LogP contribution is -2.01. The molecule has 0 aliphatic heterocycles. The van der Waals surface area contributed by atoms with Crippen molar-refractivity contribution < 1.29 is 9.90 Å². The number of hydrogen-bond acceptors (Lipinski definition) is 3. The predicted molar refractivity (Wildman–Crippen MR) is 53.2 cm³/mol. The average molecular weight is 197 g/mol. The van der Waals surface area contributed by atoms with Crippen LogP contribution < -0.4 is 5.73 Å². The van der Waals surface area contributed by atoms with Crippen molar-refractivity contribution in [3.63, 3.8) is 0 Å². The highest BCUT2D eigenvalue weighted by Gasteiger charge is 2.02. The summed E-state index contributed by atoms with van der Waals surface area (Å²) in [4.78, 5) is 11.5. The van der Waals surface area contributed by atoms with Crippen LogP contribution in [0.5, 0.6) is 0 Å². The smallest absolute Gasteiger partial charge is 0.335 e. The molecule has 0 amide bonds. The summed E-state index contributed by atoms with van der Waals surface area (Å²) >= 11 is 1.56. The standard InChI is InChI=1S/C9H11NO2S/c10-4-5-13-8-3-1-2-7(6-8)9(11)12/h1-3,6H,4-5,10H2,(H,11,12). The van der Waals surface area contributed by atoms with Gasteiger partial charge in [0.25, 0.3) is 0 Å². The number of benzene rings is 1. The Morgan fingerprint density at radius 2 is 2.31 bits per heavy atom. The molecule has 0 aliphatic rings. The Morgan fingerprint density at radius 3 is 2.92 bits per heavy atom. The Hall–Kier alpha value is -1.00. The Bertz CT molecular complexity index is 301. The van der Waals surface area contributed by atoms with Crippen molar-refractivity contribution >= 4 is 17.7 Å². The molecule has 0 fully saturated rings. The third-order valence-corrected chi connectivity index (χ3v) is 2.49. The van der Waals surface area contributed by atoms with Crippen LogP contribution in [0.15, 0.2) is 29.2 Å². The average Bonchev–Trinajstić information content (AvgIpc) is 2.15. The molecular weight excluding hydrogens is 186 g/mol. The van der Waals surface area contributed by atoms with E-state index in [1.165, 1.54) is 0 Å². The van der Waals surface area contributed by atoms with Crippen LogP contribution in [0.2, 0.25) is 0 Å². The van der Waals surface area contributed by atoms with Gasteiger partial charge in [0, 0.05) is 17.2 Å². The maximum absolute atomic E-state index is 10.6. The van der Waals surface area contributed by atoms with Crippen molar-refractivity contribution in [3.8, 4) is 0 Å². The van der Waals surface area contributed by atoms with Crippen molar-refractivity contribution in [1.82, 2.24) is 0 Å². The molecule has 1 rings (SSSR count). The van der Waals surface area contributed by atoms with E-state index in [0.717, 1.165) is 10.6 Å².